The van der Waals surface area contributed by atoms with Crippen LogP contribution in [0.2, 0.25) is 0 Å². The smallest absolute Gasteiger partial charge is 0.230 e. The monoisotopic (exact) mass is 242 g/mol. The fourth-order valence-corrected chi connectivity index (χ4v) is 2.79. The second kappa shape index (κ2) is 5.80. The molecular weight excluding hydrogens is 220 g/mol. The summed E-state index contributed by atoms with van der Waals surface area (Å²) in [4.78, 5) is 14.2. The van der Waals surface area contributed by atoms with Gasteiger partial charge in [0.2, 0.25) is 5.91 Å². The van der Waals surface area contributed by atoms with Gasteiger partial charge in [-0.2, -0.15) is 0 Å². The fraction of sp³-hybridized carbons (Fsp3) is 0.917. The Bertz CT molecular complexity index is 272. The Morgan fingerprint density at radius 1 is 1.53 bits per heavy atom. The SMILES string of the molecule is CCNC1COCC1C(=O)N1CCCC1CO. The summed E-state index contributed by atoms with van der Waals surface area (Å²) in [5.41, 5.74) is 0. The lowest BCUT2D eigenvalue weighted by atomic mass is 10.0. The van der Waals surface area contributed by atoms with Crippen LogP contribution in [-0.4, -0.2) is 60.9 Å². The van der Waals surface area contributed by atoms with E-state index in [4.69, 9.17) is 4.74 Å². The minimum absolute atomic E-state index is 0.0189. The zero-order valence-corrected chi connectivity index (χ0v) is 10.4. The van der Waals surface area contributed by atoms with Crippen molar-refractivity contribution in [2.75, 3.05) is 32.9 Å². The van der Waals surface area contributed by atoms with Crippen LogP contribution >= 0.6 is 0 Å². The van der Waals surface area contributed by atoms with Crippen molar-refractivity contribution < 1.29 is 14.6 Å². The number of amides is 1. The highest BCUT2D eigenvalue weighted by Gasteiger charge is 2.39. The predicted octanol–water partition coefficient (Wildman–Crippen LogP) is -0.406. The lowest BCUT2D eigenvalue weighted by Gasteiger charge is -2.28. The maximum absolute atomic E-state index is 12.4. The molecule has 0 radical (unpaired) electrons. The number of hydrogen-bond donors (Lipinski definition) is 2. The van der Waals surface area contributed by atoms with Gasteiger partial charge < -0.3 is 20.1 Å². The van der Waals surface area contributed by atoms with E-state index in [-0.39, 0.29) is 30.5 Å². The topological polar surface area (TPSA) is 61.8 Å². The normalized spacial score (nSPS) is 33.3. The minimum atomic E-state index is -0.0814. The summed E-state index contributed by atoms with van der Waals surface area (Å²) < 4.78 is 5.40. The zero-order chi connectivity index (χ0) is 12.3. The van der Waals surface area contributed by atoms with Crippen LogP contribution in [-0.2, 0) is 9.53 Å². The van der Waals surface area contributed by atoms with E-state index in [2.05, 4.69) is 5.32 Å². The van der Waals surface area contributed by atoms with Gasteiger partial charge in [-0.05, 0) is 19.4 Å². The Morgan fingerprint density at radius 2 is 2.35 bits per heavy atom. The molecule has 0 spiro atoms. The minimum Gasteiger partial charge on any atom is -0.394 e. The van der Waals surface area contributed by atoms with Crippen LogP contribution in [0.25, 0.3) is 0 Å². The summed E-state index contributed by atoms with van der Waals surface area (Å²) in [6, 6.07) is 0.151. The molecule has 2 saturated heterocycles. The number of hydrogen-bond acceptors (Lipinski definition) is 4. The lowest BCUT2D eigenvalue weighted by Crippen LogP contribution is -2.48. The number of ether oxygens (including phenoxy) is 1. The summed E-state index contributed by atoms with van der Waals surface area (Å²) in [7, 11) is 0. The van der Waals surface area contributed by atoms with E-state index >= 15 is 0 Å². The number of nitrogens with one attached hydrogen (secondary N) is 1. The average molecular weight is 242 g/mol. The van der Waals surface area contributed by atoms with Gasteiger partial charge in [0.15, 0.2) is 0 Å². The molecular formula is C12H22N2O3. The first kappa shape index (κ1) is 12.8. The quantitative estimate of drug-likeness (QED) is 0.704. The summed E-state index contributed by atoms with van der Waals surface area (Å²) in [6.07, 6.45) is 1.91. The molecule has 98 valence electrons. The molecule has 2 aliphatic rings. The number of carbonyl (C=O) groups excluding carboxylic acids is 1. The molecule has 0 aromatic rings. The van der Waals surface area contributed by atoms with E-state index in [9.17, 15) is 9.90 Å². The van der Waals surface area contributed by atoms with Crippen molar-refractivity contribution in [2.45, 2.75) is 31.8 Å². The Labute approximate surface area is 102 Å². The van der Waals surface area contributed by atoms with Gasteiger partial charge in [-0.25, -0.2) is 0 Å². The maximum Gasteiger partial charge on any atom is 0.230 e. The second-order valence-corrected chi connectivity index (χ2v) is 4.82. The van der Waals surface area contributed by atoms with Gasteiger partial charge in [-0.3, -0.25) is 4.79 Å². The standard InChI is InChI=1S/C12H22N2O3/c1-2-13-11-8-17-7-10(11)12(16)14-5-3-4-9(14)6-15/h9-11,13,15H,2-8H2,1H3. The number of likely N-dealkylation sites (N-methyl/N-ethyl adjacent to an activating group) is 1. The number of carbonyl (C=O) groups is 1. The predicted molar refractivity (Wildman–Crippen MR) is 63.6 cm³/mol. The maximum atomic E-state index is 12.4. The molecule has 5 heteroatoms. The Kier molecular flexibility index (Phi) is 4.36. The summed E-state index contributed by atoms with van der Waals surface area (Å²) in [5.74, 6) is 0.0621. The Hall–Kier alpha value is -0.650. The molecule has 3 unspecified atom stereocenters. The van der Waals surface area contributed by atoms with Gasteiger partial charge in [0.1, 0.15) is 0 Å². The number of nitrogens with zero attached hydrogens (tertiary/aromatic N) is 1. The highest BCUT2D eigenvalue weighted by Crippen LogP contribution is 2.23. The van der Waals surface area contributed by atoms with Gasteiger partial charge in [0, 0.05) is 12.6 Å². The number of rotatable bonds is 4. The third-order valence-corrected chi connectivity index (χ3v) is 3.73. The molecule has 2 aliphatic heterocycles. The van der Waals surface area contributed by atoms with Crippen molar-refractivity contribution in [2.24, 2.45) is 5.92 Å². The van der Waals surface area contributed by atoms with Crippen LogP contribution in [0.3, 0.4) is 0 Å². The second-order valence-electron chi connectivity index (χ2n) is 4.82. The van der Waals surface area contributed by atoms with Crippen molar-refractivity contribution in [3.05, 3.63) is 0 Å². The molecule has 17 heavy (non-hydrogen) atoms. The molecule has 0 bridgehead atoms. The van der Waals surface area contributed by atoms with E-state index in [1.165, 1.54) is 0 Å². The highest BCUT2D eigenvalue weighted by atomic mass is 16.5. The first-order valence-electron chi connectivity index (χ1n) is 6.50. The van der Waals surface area contributed by atoms with Crippen LogP contribution < -0.4 is 5.32 Å². The fourth-order valence-electron chi connectivity index (χ4n) is 2.79. The summed E-state index contributed by atoms with van der Waals surface area (Å²) in [6.45, 7) is 4.85. The van der Waals surface area contributed by atoms with Gasteiger partial charge >= 0.3 is 0 Å². The first-order valence-corrected chi connectivity index (χ1v) is 6.50. The molecule has 2 fully saturated rings. The molecule has 1 amide bonds. The van der Waals surface area contributed by atoms with Crippen molar-refractivity contribution in [3.63, 3.8) is 0 Å². The highest BCUT2D eigenvalue weighted by molar-refractivity contribution is 5.80. The van der Waals surface area contributed by atoms with Crippen molar-refractivity contribution in [1.82, 2.24) is 10.2 Å². The summed E-state index contributed by atoms with van der Waals surface area (Å²) in [5, 5.41) is 12.6. The van der Waals surface area contributed by atoms with Crippen molar-refractivity contribution >= 4 is 5.91 Å². The third kappa shape index (κ3) is 2.61. The molecule has 2 heterocycles. The van der Waals surface area contributed by atoms with Crippen LogP contribution in [0.1, 0.15) is 19.8 Å². The van der Waals surface area contributed by atoms with Crippen LogP contribution in [0.5, 0.6) is 0 Å². The summed E-state index contributed by atoms with van der Waals surface area (Å²) >= 11 is 0. The molecule has 3 atom stereocenters. The largest absolute Gasteiger partial charge is 0.394 e. The third-order valence-electron chi connectivity index (χ3n) is 3.73. The number of likely N-dealkylation sites (tertiary alicyclic amines) is 1. The van der Waals surface area contributed by atoms with Gasteiger partial charge in [-0.15, -0.1) is 0 Å². The van der Waals surface area contributed by atoms with Gasteiger partial charge in [-0.1, -0.05) is 6.92 Å². The number of aliphatic hydroxyl groups is 1. The van der Waals surface area contributed by atoms with Gasteiger partial charge in [0.25, 0.3) is 0 Å². The Balaban J connectivity index is 1.98. The molecule has 2 N–H and O–H groups in total. The molecule has 0 saturated carbocycles. The van der Waals surface area contributed by atoms with Crippen LogP contribution in [0.4, 0.5) is 0 Å². The number of aliphatic hydroxyl groups excluding tert-OH is 1. The molecule has 0 aromatic carbocycles. The van der Waals surface area contributed by atoms with Crippen molar-refractivity contribution in [1.29, 1.82) is 0 Å². The molecule has 0 aliphatic carbocycles. The Morgan fingerprint density at radius 3 is 3.06 bits per heavy atom. The lowest BCUT2D eigenvalue weighted by molar-refractivity contribution is -0.137. The molecule has 2 rings (SSSR count). The average Bonchev–Trinajstić information content (AvgIpc) is 2.96. The van der Waals surface area contributed by atoms with E-state index in [0.29, 0.717) is 13.2 Å². The van der Waals surface area contributed by atoms with E-state index < -0.39 is 0 Å². The van der Waals surface area contributed by atoms with Crippen molar-refractivity contribution in [3.8, 4) is 0 Å². The van der Waals surface area contributed by atoms with E-state index in [1.54, 1.807) is 0 Å². The molecule has 0 aromatic heterocycles. The van der Waals surface area contributed by atoms with Crippen LogP contribution in [0.15, 0.2) is 0 Å². The first-order chi connectivity index (χ1) is 8.27. The molecule has 5 nitrogen and oxygen atoms in total. The van der Waals surface area contributed by atoms with E-state index in [1.807, 2.05) is 11.8 Å². The van der Waals surface area contributed by atoms with Gasteiger partial charge in [0.05, 0.1) is 31.8 Å². The van der Waals surface area contributed by atoms with Crippen LogP contribution in [0, 0.1) is 5.92 Å². The zero-order valence-electron chi connectivity index (χ0n) is 10.4. The van der Waals surface area contributed by atoms with E-state index in [0.717, 1.165) is 25.9 Å².